The highest BCUT2D eigenvalue weighted by atomic mass is 32.2. The van der Waals surface area contributed by atoms with Crippen LogP contribution in [-0.2, 0) is 21.3 Å². The molecular formula is C26H33N3O4S2. The van der Waals surface area contributed by atoms with Gasteiger partial charge in [0.05, 0.1) is 21.7 Å². The number of hydrogen-bond donors (Lipinski definition) is 0. The van der Waals surface area contributed by atoms with Crippen molar-refractivity contribution in [1.29, 1.82) is 0 Å². The number of piperidine rings is 1. The summed E-state index contributed by atoms with van der Waals surface area (Å²) in [6, 6.07) is 10.4. The molecule has 1 atom stereocenters. The van der Waals surface area contributed by atoms with Crippen LogP contribution >= 0.6 is 11.3 Å². The average Bonchev–Trinajstić information content (AvgIpc) is 3.15. The summed E-state index contributed by atoms with van der Waals surface area (Å²) in [6.07, 6.45) is 1.91. The molecule has 1 unspecified atom stereocenters. The Bertz CT molecular complexity index is 1390. The third kappa shape index (κ3) is 5.58. The number of thiazole rings is 1. The maximum Gasteiger partial charge on any atom is 0.279 e. The zero-order chi connectivity index (χ0) is 25.2. The van der Waals surface area contributed by atoms with E-state index in [4.69, 9.17) is 4.74 Å². The van der Waals surface area contributed by atoms with Gasteiger partial charge in [-0.05, 0) is 87.1 Å². The third-order valence-corrected chi connectivity index (χ3v) is 9.44. The van der Waals surface area contributed by atoms with E-state index in [2.05, 4.69) is 37.9 Å². The summed E-state index contributed by atoms with van der Waals surface area (Å²) in [5, 5.41) is 0. The molecule has 4 rings (SSSR count). The number of amides is 1. The zero-order valence-corrected chi connectivity index (χ0v) is 22.4. The molecule has 1 saturated heterocycles. The Labute approximate surface area is 211 Å². The number of hydrogen-bond acceptors (Lipinski definition) is 5. The smallest absolute Gasteiger partial charge is 0.279 e. The van der Waals surface area contributed by atoms with E-state index < -0.39 is 15.9 Å². The predicted octanol–water partition coefficient (Wildman–Crippen LogP) is 4.52. The summed E-state index contributed by atoms with van der Waals surface area (Å²) < 4.78 is 36.3. The van der Waals surface area contributed by atoms with Crippen LogP contribution in [0.2, 0.25) is 0 Å². The molecule has 3 aromatic rings. The van der Waals surface area contributed by atoms with Gasteiger partial charge in [-0.3, -0.25) is 4.79 Å². The predicted molar refractivity (Wildman–Crippen MR) is 139 cm³/mol. The Morgan fingerprint density at radius 2 is 1.89 bits per heavy atom. The maximum absolute atomic E-state index is 13.0. The van der Waals surface area contributed by atoms with Crippen LogP contribution in [0.1, 0.15) is 48.2 Å². The van der Waals surface area contributed by atoms with Crippen molar-refractivity contribution in [1.82, 2.24) is 8.87 Å². The summed E-state index contributed by atoms with van der Waals surface area (Å²) in [4.78, 5) is 18.3. The van der Waals surface area contributed by atoms with Crippen LogP contribution in [0.3, 0.4) is 0 Å². The lowest BCUT2D eigenvalue weighted by atomic mass is 10.0. The standard InChI is InChI=1S/C26H33N3O4S2/c1-5-33-14-13-29-23-15-19(3)20(4)16-24(23)34-26(29)27-25(30)21-8-10-22(11-9-21)35(31,32)28-12-6-7-18(2)17-28/h8-11,15-16,18H,5-7,12-14,17H2,1-4H3. The van der Waals surface area contributed by atoms with E-state index in [-0.39, 0.29) is 4.90 Å². The number of aromatic nitrogens is 1. The molecule has 1 aliphatic rings. The number of fused-ring (bicyclic) bond motifs is 1. The minimum atomic E-state index is -3.57. The number of rotatable bonds is 7. The van der Waals surface area contributed by atoms with Crippen LogP contribution in [-0.4, -0.2) is 49.5 Å². The van der Waals surface area contributed by atoms with Gasteiger partial charge in [0.1, 0.15) is 0 Å². The van der Waals surface area contributed by atoms with E-state index in [9.17, 15) is 13.2 Å². The maximum atomic E-state index is 13.0. The van der Waals surface area contributed by atoms with E-state index >= 15 is 0 Å². The number of aryl methyl sites for hydroxylation is 2. The van der Waals surface area contributed by atoms with Gasteiger partial charge in [0, 0.05) is 31.8 Å². The third-order valence-electron chi connectivity index (χ3n) is 6.52. The van der Waals surface area contributed by atoms with Crippen molar-refractivity contribution in [3.63, 3.8) is 0 Å². The lowest BCUT2D eigenvalue weighted by Crippen LogP contribution is -2.39. The SMILES string of the molecule is CCOCCn1c(=NC(=O)c2ccc(S(=O)(=O)N3CCCC(C)C3)cc2)sc2cc(C)c(C)cc21. The van der Waals surface area contributed by atoms with E-state index in [1.165, 1.54) is 34.6 Å². The number of sulfonamides is 1. The molecule has 2 aromatic carbocycles. The Hall–Kier alpha value is -2.33. The van der Waals surface area contributed by atoms with Gasteiger partial charge in [-0.25, -0.2) is 8.42 Å². The van der Waals surface area contributed by atoms with Gasteiger partial charge >= 0.3 is 0 Å². The first kappa shape index (κ1) is 25.8. The molecule has 9 heteroatoms. The molecule has 0 aliphatic carbocycles. The molecule has 188 valence electrons. The van der Waals surface area contributed by atoms with E-state index in [0.717, 1.165) is 23.1 Å². The summed E-state index contributed by atoms with van der Waals surface area (Å²) in [5.41, 5.74) is 3.76. The number of nitrogens with zero attached hydrogens (tertiary/aromatic N) is 3. The van der Waals surface area contributed by atoms with Crippen LogP contribution in [0.25, 0.3) is 10.2 Å². The highest BCUT2D eigenvalue weighted by molar-refractivity contribution is 7.89. The number of carbonyl (C=O) groups excluding carboxylic acids is 1. The van der Waals surface area contributed by atoms with Crippen LogP contribution in [0, 0.1) is 19.8 Å². The molecule has 2 heterocycles. The lowest BCUT2D eigenvalue weighted by molar-refractivity contribution is 0.0996. The van der Waals surface area contributed by atoms with Crippen molar-refractivity contribution in [2.45, 2.75) is 52.0 Å². The molecule has 1 aromatic heterocycles. The second kappa shape index (κ2) is 10.7. The minimum Gasteiger partial charge on any atom is -0.380 e. The summed E-state index contributed by atoms with van der Waals surface area (Å²) in [5.74, 6) is -0.0489. The topological polar surface area (TPSA) is 81.0 Å². The molecule has 0 radical (unpaired) electrons. The average molecular weight is 516 g/mol. The normalized spacial score (nSPS) is 17.8. The molecule has 1 fully saturated rings. The van der Waals surface area contributed by atoms with Crippen molar-refractivity contribution in [3.8, 4) is 0 Å². The second-order valence-corrected chi connectivity index (χ2v) is 12.1. The van der Waals surface area contributed by atoms with Crippen LogP contribution in [0.5, 0.6) is 0 Å². The van der Waals surface area contributed by atoms with Crippen molar-refractivity contribution >= 4 is 37.5 Å². The first-order valence-corrected chi connectivity index (χ1v) is 14.3. The molecule has 0 bridgehead atoms. The quantitative estimate of drug-likeness (QED) is 0.434. The van der Waals surface area contributed by atoms with Crippen LogP contribution < -0.4 is 4.80 Å². The lowest BCUT2D eigenvalue weighted by Gasteiger charge is -2.30. The molecule has 0 spiro atoms. The van der Waals surface area contributed by atoms with E-state index in [0.29, 0.717) is 49.1 Å². The molecule has 0 saturated carbocycles. The number of benzene rings is 2. The Morgan fingerprint density at radius 3 is 2.57 bits per heavy atom. The first-order chi connectivity index (χ1) is 16.7. The summed E-state index contributed by atoms with van der Waals surface area (Å²) >= 11 is 1.47. The Balaban J connectivity index is 1.64. The molecule has 1 aliphatic heterocycles. The Morgan fingerprint density at radius 1 is 1.17 bits per heavy atom. The fraction of sp³-hybridized carbons (Fsp3) is 0.462. The van der Waals surface area contributed by atoms with Gasteiger partial charge in [0.2, 0.25) is 10.0 Å². The molecule has 0 N–H and O–H groups in total. The fourth-order valence-electron chi connectivity index (χ4n) is 4.36. The van der Waals surface area contributed by atoms with Crippen LogP contribution in [0.4, 0.5) is 0 Å². The van der Waals surface area contributed by atoms with Crippen LogP contribution in [0.15, 0.2) is 46.3 Å². The largest absolute Gasteiger partial charge is 0.380 e. The zero-order valence-electron chi connectivity index (χ0n) is 20.8. The fourth-order valence-corrected chi connectivity index (χ4v) is 7.09. The summed E-state index contributed by atoms with van der Waals surface area (Å²) in [6.45, 7) is 11.0. The van der Waals surface area contributed by atoms with Crippen molar-refractivity contribution in [3.05, 3.63) is 57.9 Å². The Kier molecular flexibility index (Phi) is 7.90. The molecule has 7 nitrogen and oxygen atoms in total. The van der Waals surface area contributed by atoms with Gasteiger partial charge in [0.25, 0.3) is 5.91 Å². The highest BCUT2D eigenvalue weighted by Crippen LogP contribution is 2.24. The first-order valence-electron chi connectivity index (χ1n) is 12.1. The monoisotopic (exact) mass is 515 g/mol. The van der Waals surface area contributed by atoms with Gasteiger partial charge in [-0.15, -0.1) is 0 Å². The second-order valence-electron chi connectivity index (χ2n) is 9.19. The van der Waals surface area contributed by atoms with Gasteiger partial charge in [-0.1, -0.05) is 18.3 Å². The molecule has 1 amide bonds. The summed E-state index contributed by atoms with van der Waals surface area (Å²) in [7, 11) is -3.57. The highest BCUT2D eigenvalue weighted by Gasteiger charge is 2.28. The molecule has 35 heavy (non-hydrogen) atoms. The minimum absolute atomic E-state index is 0.211. The van der Waals surface area contributed by atoms with Gasteiger partial charge in [0.15, 0.2) is 4.80 Å². The van der Waals surface area contributed by atoms with Crippen molar-refractivity contribution in [2.24, 2.45) is 10.9 Å². The van der Waals surface area contributed by atoms with Gasteiger partial charge < -0.3 is 9.30 Å². The van der Waals surface area contributed by atoms with Gasteiger partial charge in [-0.2, -0.15) is 9.30 Å². The van der Waals surface area contributed by atoms with Crippen molar-refractivity contribution < 1.29 is 17.9 Å². The molecular weight excluding hydrogens is 482 g/mol. The number of carbonyl (C=O) groups is 1. The number of ether oxygens (including phenoxy) is 1. The van der Waals surface area contributed by atoms with Crippen molar-refractivity contribution in [2.75, 3.05) is 26.3 Å². The van der Waals surface area contributed by atoms with E-state index in [1.807, 2.05) is 11.5 Å². The van der Waals surface area contributed by atoms with E-state index in [1.54, 1.807) is 16.4 Å².